The summed E-state index contributed by atoms with van der Waals surface area (Å²) in [5.41, 5.74) is 0. The summed E-state index contributed by atoms with van der Waals surface area (Å²) in [7, 11) is 0. The molecule has 4 heteroatoms. The van der Waals surface area contributed by atoms with Gasteiger partial charge >= 0.3 is 0 Å². The average Bonchev–Trinajstić information content (AvgIpc) is 0. The van der Waals surface area contributed by atoms with Crippen LogP contribution >= 0.6 is 9.90 Å². The summed E-state index contributed by atoms with van der Waals surface area (Å²) in [6, 6.07) is 0. The Morgan fingerprint density at radius 1 is 1.00 bits per heavy atom. The quantitative estimate of drug-likeness (QED) is 0.377. The summed E-state index contributed by atoms with van der Waals surface area (Å²) >= 11 is 0. The van der Waals surface area contributed by atoms with Gasteiger partial charge in [0.2, 0.25) is 0 Å². The van der Waals surface area contributed by atoms with Crippen molar-refractivity contribution in [2.24, 2.45) is 0 Å². The standard InChI is InChI=1S/CH4.Cr.Fe.H3P.Si/h1H4;;;1H3;. The van der Waals surface area contributed by atoms with E-state index in [2.05, 4.69) is 0 Å². The average molecular weight is 186 g/mol. The fraction of sp³-hybridized carbons (Fsp3) is 1.00. The number of rotatable bonds is 0. The Labute approximate surface area is 62.7 Å². The molecule has 1 atom stereocenters. The first-order chi connectivity index (χ1) is 0. The van der Waals surface area contributed by atoms with Crippen molar-refractivity contribution >= 4 is 20.9 Å². The molecule has 0 aromatic heterocycles. The summed E-state index contributed by atoms with van der Waals surface area (Å²) in [5.74, 6) is 0. The smallest absolute Gasteiger partial charge is 0 e. The topological polar surface area (TPSA) is 0 Å². The molecular weight excluding hydrogens is 179 g/mol. The molecule has 0 aliphatic rings. The van der Waals surface area contributed by atoms with Crippen LogP contribution in [-0.4, -0.2) is 11.0 Å². The maximum absolute atomic E-state index is 0. The van der Waals surface area contributed by atoms with Crippen molar-refractivity contribution in [1.82, 2.24) is 0 Å². The second kappa shape index (κ2) is 43.6. The SMILES string of the molecule is C.P.[Cr].[Fe].[Si]. The molecule has 34 valence electrons. The minimum absolute atomic E-state index is 0. The van der Waals surface area contributed by atoms with Gasteiger partial charge in [-0.15, -0.1) is 0 Å². The molecule has 0 saturated carbocycles. The molecule has 5 heavy (non-hydrogen) atoms. The Morgan fingerprint density at radius 2 is 1.00 bits per heavy atom. The van der Waals surface area contributed by atoms with Crippen LogP contribution in [0.15, 0.2) is 0 Å². The molecular formula is CH7CrFePSi. The van der Waals surface area contributed by atoms with Gasteiger partial charge in [0.25, 0.3) is 0 Å². The van der Waals surface area contributed by atoms with Crippen molar-refractivity contribution < 1.29 is 34.4 Å². The molecule has 0 bridgehead atoms. The first-order valence-electron chi connectivity index (χ1n) is 0. The molecule has 0 heterocycles. The van der Waals surface area contributed by atoms with E-state index >= 15 is 0 Å². The van der Waals surface area contributed by atoms with E-state index in [4.69, 9.17) is 0 Å². The van der Waals surface area contributed by atoms with Crippen molar-refractivity contribution in [3.63, 3.8) is 0 Å². The third-order valence-corrected chi connectivity index (χ3v) is 0. The van der Waals surface area contributed by atoms with Gasteiger partial charge in [0.1, 0.15) is 0 Å². The Hall–Kier alpha value is 1.70. The van der Waals surface area contributed by atoms with Crippen molar-refractivity contribution in [2.75, 3.05) is 0 Å². The fourth-order valence-corrected chi connectivity index (χ4v) is 0. The van der Waals surface area contributed by atoms with Gasteiger partial charge in [-0.25, -0.2) is 0 Å². The second-order valence-corrected chi connectivity index (χ2v) is 0. The van der Waals surface area contributed by atoms with E-state index in [9.17, 15) is 0 Å². The minimum Gasteiger partial charge on any atom is -0.153 e. The fourth-order valence-electron chi connectivity index (χ4n) is 0. The zero-order chi connectivity index (χ0) is 0. The van der Waals surface area contributed by atoms with E-state index in [-0.39, 0.29) is 62.7 Å². The van der Waals surface area contributed by atoms with Crippen LogP contribution < -0.4 is 0 Å². The van der Waals surface area contributed by atoms with Gasteiger partial charge in [-0.3, -0.25) is 0 Å². The number of hydrogen-bond acceptors (Lipinski definition) is 0. The molecule has 0 nitrogen and oxygen atoms in total. The normalized spacial score (nSPS) is 0. The van der Waals surface area contributed by atoms with Gasteiger partial charge in [-0.2, -0.15) is 9.90 Å². The molecule has 0 rings (SSSR count). The molecule has 0 aromatic carbocycles. The summed E-state index contributed by atoms with van der Waals surface area (Å²) in [5, 5.41) is 0. The van der Waals surface area contributed by atoms with E-state index in [0.29, 0.717) is 0 Å². The Kier molecular flexibility index (Phi) is 657. The van der Waals surface area contributed by atoms with Gasteiger partial charge < -0.3 is 0 Å². The Balaban J connectivity index is 0. The Bertz CT molecular complexity index is 11.6. The van der Waals surface area contributed by atoms with E-state index in [1.54, 1.807) is 0 Å². The van der Waals surface area contributed by atoms with Gasteiger partial charge in [0.15, 0.2) is 0 Å². The molecule has 0 aliphatic carbocycles. The predicted octanol–water partition coefficient (Wildman–Crippen LogP) is 0.308. The van der Waals surface area contributed by atoms with Crippen molar-refractivity contribution in [3.8, 4) is 0 Å². The second-order valence-electron chi connectivity index (χ2n) is 0. The van der Waals surface area contributed by atoms with Crippen LogP contribution in [0.25, 0.3) is 0 Å². The van der Waals surface area contributed by atoms with Crippen LogP contribution in [-0.2, 0) is 34.4 Å². The molecule has 0 aliphatic heterocycles. The first kappa shape index (κ1) is 75.4. The van der Waals surface area contributed by atoms with Crippen molar-refractivity contribution in [1.29, 1.82) is 0 Å². The molecule has 0 saturated heterocycles. The number of hydrogen-bond donors (Lipinski definition) is 0. The van der Waals surface area contributed by atoms with Gasteiger partial charge in [-0.05, 0) is 0 Å². The maximum atomic E-state index is 0. The summed E-state index contributed by atoms with van der Waals surface area (Å²) < 4.78 is 0. The largest absolute Gasteiger partial charge is 0.153 e. The van der Waals surface area contributed by atoms with Crippen LogP contribution in [0, 0.1) is 0 Å². The molecule has 4 radical (unpaired) electrons. The van der Waals surface area contributed by atoms with Crippen molar-refractivity contribution in [2.45, 2.75) is 7.43 Å². The van der Waals surface area contributed by atoms with Crippen LogP contribution in [0.3, 0.4) is 0 Å². The van der Waals surface area contributed by atoms with Crippen molar-refractivity contribution in [3.05, 3.63) is 0 Å². The monoisotopic (exact) mass is 186 g/mol. The van der Waals surface area contributed by atoms with E-state index < -0.39 is 0 Å². The van der Waals surface area contributed by atoms with Crippen LogP contribution in [0.5, 0.6) is 0 Å². The van der Waals surface area contributed by atoms with E-state index in [1.807, 2.05) is 0 Å². The van der Waals surface area contributed by atoms with E-state index in [1.165, 1.54) is 0 Å². The molecule has 0 amide bonds. The van der Waals surface area contributed by atoms with Crippen LogP contribution in [0.4, 0.5) is 0 Å². The Morgan fingerprint density at radius 3 is 1.00 bits per heavy atom. The molecule has 1 unspecified atom stereocenters. The minimum atomic E-state index is 0. The zero-order valence-corrected chi connectivity index (χ0v) is 6.76. The molecule has 0 aromatic rings. The van der Waals surface area contributed by atoms with Crippen LogP contribution in [0.1, 0.15) is 7.43 Å². The van der Waals surface area contributed by atoms with Gasteiger partial charge in [0, 0.05) is 45.4 Å². The van der Waals surface area contributed by atoms with E-state index in [0.717, 1.165) is 0 Å². The zero-order valence-electron chi connectivity index (χ0n) is 1.97. The molecule has 0 spiro atoms. The third kappa shape index (κ3) is 27.0. The predicted molar refractivity (Wildman–Crippen MR) is 23.6 cm³/mol. The molecule has 0 N–H and O–H groups in total. The summed E-state index contributed by atoms with van der Waals surface area (Å²) in [6.07, 6.45) is 0. The summed E-state index contributed by atoms with van der Waals surface area (Å²) in [4.78, 5) is 0. The van der Waals surface area contributed by atoms with Gasteiger partial charge in [-0.1, -0.05) is 7.43 Å². The molecule has 0 fully saturated rings. The van der Waals surface area contributed by atoms with Gasteiger partial charge in [0.05, 0.1) is 0 Å². The summed E-state index contributed by atoms with van der Waals surface area (Å²) in [6.45, 7) is 0. The first-order valence-corrected chi connectivity index (χ1v) is 0. The maximum Gasteiger partial charge on any atom is 0 e. The third-order valence-electron chi connectivity index (χ3n) is 0. The van der Waals surface area contributed by atoms with Crippen LogP contribution in [0.2, 0.25) is 0 Å².